The van der Waals surface area contributed by atoms with Gasteiger partial charge in [0.2, 0.25) is 0 Å². The third-order valence-corrected chi connectivity index (χ3v) is 3.89. The number of aromatic nitrogens is 1. The van der Waals surface area contributed by atoms with Crippen molar-refractivity contribution < 1.29 is 0 Å². The maximum atomic E-state index is 5.63. The van der Waals surface area contributed by atoms with Gasteiger partial charge in [-0.15, -0.1) is 11.6 Å². The van der Waals surface area contributed by atoms with E-state index in [-0.39, 0.29) is 0 Å². The van der Waals surface area contributed by atoms with Gasteiger partial charge < -0.3 is 5.32 Å². The van der Waals surface area contributed by atoms with Crippen LogP contribution < -0.4 is 5.32 Å². The Balaban J connectivity index is 1.75. The molecule has 1 aromatic heterocycles. The minimum Gasteiger partial charge on any atom is -0.361 e. The molecule has 2 aromatic rings. The Hall–Kier alpha value is -0.800. The first-order valence-corrected chi connectivity index (χ1v) is 7.40. The number of thiazole rings is 1. The lowest BCUT2D eigenvalue weighted by molar-refractivity contribution is 0.687. The highest BCUT2D eigenvalue weighted by atomic mass is 35.5. The second-order valence-corrected chi connectivity index (χ2v) is 5.43. The first kappa shape index (κ1) is 12.7. The van der Waals surface area contributed by atoms with Crippen LogP contribution in [-0.4, -0.2) is 17.4 Å². The van der Waals surface area contributed by atoms with E-state index in [2.05, 4.69) is 28.5 Å². The Labute approximate surface area is 111 Å². The molecule has 0 aliphatic heterocycles. The fourth-order valence-electron chi connectivity index (χ4n) is 1.72. The zero-order chi connectivity index (χ0) is 11.9. The number of para-hydroxylation sites is 1. The number of fused-ring (bicyclic) bond motifs is 1. The minimum atomic E-state index is 0.783. The molecule has 2 nitrogen and oxygen atoms in total. The molecule has 0 spiro atoms. The third-order valence-electron chi connectivity index (χ3n) is 2.63. The van der Waals surface area contributed by atoms with Gasteiger partial charge in [0.25, 0.3) is 0 Å². The second kappa shape index (κ2) is 6.82. The van der Waals surface area contributed by atoms with Crippen LogP contribution in [-0.2, 0) is 0 Å². The number of benzene rings is 1. The quantitative estimate of drug-likeness (QED) is 0.590. The Bertz CT molecular complexity index is 422. The molecule has 0 bridgehead atoms. The van der Waals surface area contributed by atoms with E-state index >= 15 is 0 Å². The normalized spacial score (nSPS) is 10.9. The molecular weight excluding hydrogens is 252 g/mol. The lowest BCUT2D eigenvalue weighted by atomic mass is 10.2. The van der Waals surface area contributed by atoms with Crippen molar-refractivity contribution in [2.75, 3.05) is 17.7 Å². The number of anilines is 1. The number of rotatable bonds is 7. The molecule has 1 aromatic carbocycles. The molecule has 0 amide bonds. The molecule has 0 unspecified atom stereocenters. The summed E-state index contributed by atoms with van der Waals surface area (Å²) in [5, 5.41) is 4.42. The van der Waals surface area contributed by atoms with Crippen LogP contribution in [0.1, 0.15) is 25.7 Å². The molecule has 2 rings (SSSR count). The average molecular weight is 269 g/mol. The second-order valence-electron chi connectivity index (χ2n) is 4.02. The molecule has 0 saturated carbocycles. The van der Waals surface area contributed by atoms with E-state index in [9.17, 15) is 0 Å². The van der Waals surface area contributed by atoms with Crippen LogP contribution >= 0.6 is 22.9 Å². The summed E-state index contributed by atoms with van der Waals surface area (Å²) >= 11 is 7.35. The van der Waals surface area contributed by atoms with Crippen LogP contribution in [0.4, 0.5) is 5.13 Å². The number of halogens is 1. The Morgan fingerprint density at radius 3 is 2.76 bits per heavy atom. The fraction of sp³-hybridized carbons (Fsp3) is 0.462. The van der Waals surface area contributed by atoms with Crippen molar-refractivity contribution in [2.24, 2.45) is 0 Å². The maximum Gasteiger partial charge on any atom is 0.183 e. The number of nitrogens with one attached hydrogen (secondary N) is 1. The van der Waals surface area contributed by atoms with Gasteiger partial charge in [0.1, 0.15) is 0 Å². The summed E-state index contributed by atoms with van der Waals surface area (Å²) < 4.78 is 1.25. The Kier molecular flexibility index (Phi) is 5.08. The maximum absolute atomic E-state index is 5.63. The number of nitrogens with zero attached hydrogens (tertiary/aromatic N) is 1. The average Bonchev–Trinajstić information content (AvgIpc) is 2.76. The van der Waals surface area contributed by atoms with Crippen LogP contribution in [0, 0.1) is 0 Å². The van der Waals surface area contributed by atoms with Crippen molar-refractivity contribution in [1.29, 1.82) is 0 Å². The smallest absolute Gasteiger partial charge is 0.183 e. The van der Waals surface area contributed by atoms with E-state index in [0.717, 1.165) is 29.5 Å². The van der Waals surface area contributed by atoms with Crippen molar-refractivity contribution in [1.82, 2.24) is 4.98 Å². The van der Waals surface area contributed by atoms with Crippen LogP contribution in [0.25, 0.3) is 10.2 Å². The Morgan fingerprint density at radius 1 is 1.12 bits per heavy atom. The van der Waals surface area contributed by atoms with Gasteiger partial charge in [0.05, 0.1) is 10.2 Å². The zero-order valence-corrected chi connectivity index (χ0v) is 11.4. The van der Waals surface area contributed by atoms with E-state index in [1.165, 1.54) is 24.0 Å². The SMILES string of the molecule is ClCCCCCCNc1nc2ccccc2s1. The van der Waals surface area contributed by atoms with Gasteiger partial charge in [-0.25, -0.2) is 4.98 Å². The first-order chi connectivity index (χ1) is 8.40. The van der Waals surface area contributed by atoms with E-state index in [1.807, 2.05) is 6.07 Å². The van der Waals surface area contributed by atoms with Gasteiger partial charge in [-0.05, 0) is 25.0 Å². The van der Waals surface area contributed by atoms with Gasteiger partial charge in [0, 0.05) is 12.4 Å². The standard InChI is InChI=1S/C13H17ClN2S/c14-9-5-1-2-6-10-15-13-16-11-7-3-4-8-12(11)17-13/h3-4,7-8H,1-2,5-6,9-10H2,(H,15,16). The molecule has 0 radical (unpaired) electrons. The third kappa shape index (κ3) is 3.86. The van der Waals surface area contributed by atoms with Crippen molar-refractivity contribution in [3.05, 3.63) is 24.3 Å². The molecule has 0 aliphatic carbocycles. The van der Waals surface area contributed by atoms with E-state index < -0.39 is 0 Å². The summed E-state index contributed by atoms with van der Waals surface area (Å²) in [4.78, 5) is 4.53. The molecule has 17 heavy (non-hydrogen) atoms. The number of alkyl halides is 1. The predicted octanol–water partition coefficient (Wildman–Crippen LogP) is 4.51. The predicted molar refractivity (Wildman–Crippen MR) is 77.3 cm³/mol. The highest BCUT2D eigenvalue weighted by Gasteiger charge is 2.01. The lowest BCUT2D eigenvalue weighted by Gasteiger charge is -2.01. The lowest BCUT2D eigenvalue weighted by Crippen LogP contribution is -2.00. The molecule has 4 heteroatoms. The van der Waals surface area contributed by atoms with Crippen molar-refractivity contribution >= 4 is 38.3 Å². The van der Waals surface area contributed by atoms with Crippen LogP contribution in [0.5, 0.6) is 0 Å². The molecule has 0 atom stereocenters. The van der Waals surface area contributed by atoms with Crippen LogP contribution in [0.3, 0.4) is 0 Å². The van der Waals surface area contributed by atoms with Crippen molar-refractivity contribution in [2.45, 2.75) is 25.7 Å². The van der Waals surface area contributed by atoms with Gasteiger partial charge in [-0.1, -0.05) is 36.3 Å². The van der Waals surface area contributed by atoms with E-state index in [1.54, 1.807) is 11.3 Å². The van der Waals surface area contributed by atoms with E-state index in [4.69, 9.17) is 11.6 Å². The Morgan fingerprint density at radius 2 is 1.94 bits per heavy atom. The number of hydrogen-bond donors (Lipinski definition) is 1. The molecule has 0 aliphatic rings. The highest BCUT2D eigenvalue weighted by molar-refractivity contribution is 7.22. The topological polar surface area (TPSA) is 24.9 Å². The molecule has 92 valence electrons. The molecular formula is C13H17ClN2S. The first-order valence-electron chi connectivity index (χ1n) is 6.05. The largest absolute Gasteiger partial charge is 0.361 e. The number of unbranched alkanes of at least 4 members (excludes halogenated alkanes) is 3. The zero-order valence-electron chi connectivity index (χ0n) is 9.79. The summed E-state index contributed by atoms with van der Waals surface area (Å²) in [6, 6.07) is 8.24. The summed E-state index contributed by atoms with van der Waals surface area (Å²) in [6.07, 6.45) is 4.78. The summed E-state index contributed by atoms with van der Waals surface area (Å²) in [7, 11) is 0. The van der Waals surface area contributed by atoms with Gasteiger partial charge in [-0.2, -0.15) is 0 Å². The highest BCUT2D eigenvalue weighted by Crippen LogP contribution is 2.25. The molecule has 1 N–H and O–H groups in total. The molecule has 1 heterocycles. The van der Waals surface area contributed by atoms with Gasteiger partial charge in [0.15, 0.2) is 5.13 Å². The molecule has 0 fully saturated rings. The number of hydrogen-bond acceptors (Lipinski definition) is 3. The van der Waals surface area contributed by atoms with Gasteiger partial charge in [-0.3, -0.25) is 0 Å². The van der Waals surface area contributed by atoms with Crippen molar-refractivity contribution in [3.63, 3.8) is 0 Å². The fourth-order valence-corrected chi connectivity index (χ4v) is 2.80. The molecule has 0 saturated heterocycles. The minimum absolute atomic E-state index is 0.783. The van der Waals surface area contributed by atoms with Crippen LogP contribution in [0.15, 0.2) is 24.3 Å². The monoisotopic (exact) mass is 268 g/mol. The summed E-state index contributed by atoms with van der Waals surface area (Å²) in [5.74, 6) is 0.783. The summed E-state index contributed by atoms with van der Waals surface area (Å²) in [5.41, 5.74) is 1.09. The van der Waals surface area contributed by atoms with Crippen LogP contribution in [0.2, 0.25) is 0 Å². The summed E-state index contributed by atoms with van der Waals surface area (Å²) in [6.45, 7) is 1.00. The van der Waals surface area contributed by atoms with E-state index in [0.29, 0.717) is 0 Å². The van der Waals surface area contributed by atoms with Gasteiger partial charge >= 0.3 is 0 Å². The van der Waals surface area contributed by atoms with Crippen molar-refractivity contribution in [3.8, 4) is 0 Å².